The van der Waals surface area contributed by atoms with Crippen molar-refractivity contribution in [1.82, 2.24) is 0 Å². The number of ether oxygens (including phenoxy) is 1. The quantitative estimate of drug-likeness (QED) is 0.798. The molecule has 0 heterocycles. The van der Waals surface area contributed by atoms with Crippen LogP contribution in [0.4, 0.5) is 5.69 Å². The molecule has 5 heteroatoms. The molecule has 21 heavy (non-hydrogen) atoms. The molecule has 0 radical (unpaired) electrons. The predicted molar refractivity (Wildman–Crippen MR) is 90.3 cm³/mol. The molecule has 112 valence electrons. The molecule has 0 aliphatic carbocycles. The second kappa shape index (κ2) is 7.69. The van der Waals surface area contributed by atoms with Crippen LogP contribution in [0, 0.1) is 6.92 Å². The van der Waals surface area contributed by atoms with Crippen molar-refractivity contribution in [2.75, 3.05) is 18.5 Å². The number of aryl methyl sites for hydroxylation is 1. The number of nitrogens with one attached hydrogen (secondary N) is 1. The Morgan fingerprint density at radius 2 is 2.05 bits per heavy atom. The van der Waals surface area contributed by atoms with Gasteiger partial charge in [0.05, 0.1) is 10.7 Å². The third kappa shape index (κ3) is 4.92. The Kier molecular flexibility index (Phi) is 5.91. The number of aliphatic hydroxyl groups excluding tert-OH is 1. The Labute approximate surface area is 138 Å². The van der Waals surface area contributed by atoms with Crippen LogP contribution in [0.25, 0.3) is 0 Å². The smallest absolute Gasteiger partial charge is 0.122 e. The number of rotatable bonds is 6. The minimum absolute atomic E-state index is 0.228. The van der Waals surface area contributed by atoms with Gasteiger partial charge in [-0.05, 0) is 36.8 Å². The highest BCUT2D eigenvalue weighted by Gasteiger charge is 2.08. The number of benzene rings is 2. The van der Waals surface area contributed by atoms with Crippen LogP contribution in [0.1, 0.15) is 5.56 Å². The van der Waals surface area contributed by atoms with Gasteiger partial charge in [-0.3, -0.25) is 0 Å². The molecule has 2 rings (SSSR count). The van der Waals surface area contributed by atoms with E-state index in [9.17, 15) is 5.11 Å². The molecule has 0 fully saturated rings. The van der Waals surface area contributed by atoms with Gasteiger partial charge in [-0.15, -0.1) is 0 Å². The second-order valence-electron chi connectivity index (χ2n) is 4.74. The summed E-state index contributed by atoms with van der Waals surface area (Å²) in [6.07, 6.45) is -0.621. The molecule has 1 unspecified atom stereocenters. The van der Waals surface area contributed by atoms with Crippen LogP contribution in [-0.2, 0) is 0 Å². The highest BCUT2D eigenvalue weighted by Crippen LogP contribution is 2.25. The number of hydrogen-bond donors (Lipinski definition) is 2. The standard InChI is InChI=1S/C16H17BrClNO2/c1-11-4-2-3-5-16(11)21-10-13(20)9-19-15-7-6-12(17)8-14(15)18/h2-8,13,19-20H,9-10H2,1H3. The van der Waals surface area contributed by atoms with E-state index >= 15 is 0 Å². The summed E-state index contributed by atoms with van der Waals surface area (Å²) in [6.45, 7) is 2.57. The summed E-state index contributed by atoms with van der Waals surface area (Å²) in [4.78, 5) is 0. The molecule has 0 aromatic heterocycles. The van der Waals surface area contributed by atoms with Crippen molar-refractivity contribution in [1.29, 1.82) is 0 Å². The predicted octanol–water partition coefficient (Wildman–Crippen LogP) is 4.26. The summed E-state index contributed by atoms with van der Waals surface area (Å²) < 4.78 is 6.52. The first-order chi connectivity index (χ1) is 10.1. The van der Waals surface area contributed by atoms with Gasteiger partial charge in [-0.1, -0.05) is 45.7 Å². The Morgan fingerprint density at radius 3 is 2.76 bits per heavy atom. The van der Waals surface area contributed by atoms with E-state index < -0.39 is 6.10 Å². The largest absolute Gasteiger partial charge is 0.491 e. The Hall–Kier alpha value is -1.23. The van der Waals surface area contributed by atoms with Gasteiger partial charge >= 0.3 is 0 Å². The molecule has 0 saturated heterocycles. The van der Waals surface area contributed by atoms with E-state index in [2.05, 4.69) is 21.2 Å². The van der Waals surface area contributed by atoms with Gasteiger partial charge in [0.15, 0.2) is 0 Å². The van der Waals surface area contributed by atoms with Crippen molar-refractivity contribution >= 4 is 33.2 Å². The van der Waals surface area contributed by atoms with Gasteiger partial charge in [0, 0.05) is 11.0 Å². The van der Waals surface area contributed by atoms with Crippen molar-refractivity contribution in [3.05, 3.63) is 57.5 Å². The summed E-state index contributed by atoms with van der Waals surface area (Å²) in [7, 11) is 0. The molecule has 2 aromatic carbocycles. The first-order valence-electron chi connectivity index (χ1n) is 6.61. The monoisotopic (exact) mass is 369 g/mol. The zero-order valence-corrected chi connectivity index (χ0v) is 14.0. The van der Waals surface area contributed by atoms with Crippen molar-refractivity contribution in [3.8, 4) is 5.75 Å². The van der Waals surface area contributed by atoms with Crippen LogP contribution in [0.5, 0.6) is 5.75 Å². The van der Waals surface area contributed by atoms with Gasteiger partial charge in [-0.25, -0.2) is 0 Å². The number of aliphatic hydroxyl groups is 1. The molecule has 0 aliphatic heterocycles. The van der Waals surface area contributed by atoms with E-state index in [1.807, 2.05) is 43.3 Å². The Morgan fingerprint density at radius 1 is 1.29 bits per heavy atom. The third-order valence-corrected chi connectivity index (χ3v) is 3.79. The number of halogens is 2. The van der Waals surface area contributed by atoms with Crippen molar-refractivity contribution in [3.63, 3.8) is 0 Å². The Bertz CT molecular complexity index is 607. The fraction of sp³-hybridized carbons (Fsp3) is 0.250. The zero-order valence-electron chi connectivity index (χ0n) is 11.6. The van der Waals surface area contributed by atoms with Gasteiger partial charge in [-0.2, -0.15) is 0 Å². The highest BCUT2D eigenvalue weighted by molar-refractivity contribution is 9.10. The fourth-order valence-corrected chi connectivity index (χ4v) is 2.56. The van der Waals surface area contributed by atoms with Gasteiger partial charge in [0.25, 0.3) is 0 Å². The maximum Gasteiger partial charge on any atom is 0.122 e. The normalized spacial score (nSPS) is 12.0. The molecule has 2 N–H and O–H groups in total. The van der Waals surface area contributed by atoms with E-state index in [-0.39, 0.29) is 6.61 Å². The van der Waals surface area contributed by atoms with E-state index in [1.165, 1.54) is 0 Å². The van der Waals surface area contributed by atoms with E-state index in [0.717, 1.165) is 21.5 Å². The lowest BCUT2D eigenvalue weighted by Crippen LogP contribution is -2.26. The number of anilines is 1. The summed E-state index contributed by atoms with van der Waals surface area (Å²) >= 11 is 9.45. The lowest BCUT2D eigenvalue weighted by Gasteiger charge is -2.15. The molecule has 3 nitrogen and oxygen atoms in total. The van der Waals surface area contributed by atoms with Crippen LogP contribution < -0.4 is 10.1 Å². The van der Waals surface area contributed by atoms with E-state index in [0.29, 0.717) is 11.6 Å². The van der Waals surface area contributed by atoms with Crippen molar-refractivity contribution in [2.24, 2.45) is 0 Å². The van der Waals surface area contributed by atoms with Crippen LogP contribution >= 0.6 is 27.5 Å². The lowest BCUT2D eigenvalue weighted by molar-refractivity contribution is 0.117. The van der Waals surface area contributed by atoms with Gasteiger partial charge < -0.3 is 15.2 Å². The molecule has 0 saturated carbocycles. The number of hydrogen-bond acceptors (Lipinski definition) is 3. The lowest BCUT2D eigenvalue weighted by atomic mass is 10.2. The topological polar surface area (TPSA) is 41.5 Å². The average molecular weight is 371 g/mol. The van der Waals surface area contributed by atoms with Crippen LogP contribution in [0.15, 0.2) is 46.9 Å². The minimum Gasteiger partial charge on any atom is -0.491 e. The van der Waals surface area contributed by atoms with Crippen LogP contribution in [0.3, 0.4) is 0 Å². The average Bonchev–Trinajstić information content (AvgIpc) is 2.45. The fourth-order valence-electron chi connectivity index (χ4n) is 1.82. The maximum absolute atomic E-state index is 9.97. The van der Waals surface area contributed by atoms with Crippen LogP contribution in [0.2, 0.25) is 5.02 Å². The number of para-hydroxylation sites is 1. The van der Waals surface area contributed by atoms with Crippen LogP contribution in [-0.4, -0.2) is 24.4 Å². The summed E-state index contributed by atoms with van der Waals surface area (Å²) in [5.41, 5.74) is 1.84. The molecular weight excluding hydrogens is 354 g/mol. The molecule has 0 bridgehead atoms. The molecular formula is C16H17BrClNO2. The molecule has 1 atom stereocenters. The van der Waals surface area contributed by atoms with Gasteiger partial charge in [0.2, 0.25) is 0 Å². The van der Waals surface area contributed by atoms with Crippen molar-refractivity contribution in [2.45, 2.75) is 13.0 Å². The van der Waals surface area contributed by atoms with Gasteiger partial charge in [0.1, 0.15) is 18.5 Å². The zero-order chi connectivity index (χ0) is 15.2. The summed E-state index contributed by atoms with van der Waals surface area (Å²) in [5, 5.41) is 13.7. The van der Waals surface area contributed by atoms with E-state index in [1.54, 1.807) is 6.07 Å². The summed E-state index contributed by atoms with van der Waals surface area (Å²) in [6, 6.07) is 13.3. The first-order valence-corrected chi connectivity index (χ1v) is 7.79. The van der Waals surface area contributed by atoms with Crippen molar-refractivity contribution < 1.29 is 9.84 Å². The highest BCUT2D eigenvalue weighted by atomic mass is 79.9. The van der Waals surface area contributed by atoms with E-state index in [4.69, 9.17) is 16.3 Å². The second-order valence-corrected chi connectivity index (χ2v) is 6.06. The molecule has 0 spiro atoms. The molecule has 2 aromatic rings. The Balaban J connectivity index is 1.82. The molecule has 0 aliphatic rings. The first kappa shape index (κ1) is 16.1. The third-order valence-electron chi connectivity index (χ3n) is 2.98. The maximum atomic E-state index is 9.97. The molecule has 0 amide bonds. The SMILES string of the molecule is Cc1ccccc1OCC(O)CNc1ccc(Br)cc1Cl. The minimum atomic E-state index is -0.621. The summed E-state index contributed by atoms with van der Waals surface area (Å²) in [5.74, 6) is 0.790.